The Hall–Kier alpha value is -2.33. The van der Waals surface area contributed by atoms with Gasteiger partial charge in [-0.05, 0) is 36.6 Å². The van der Waals surface area contributed by atoms with Gasteiger partial charge in [0.2, 0.25) is 5.91 Å². The predicted molar refractivity (Wildman–Crippen MR) is 104 cm³/mol. The van der Waals surface area contributed by atoms with Gasteiger partial charge in [0.1, 0.15) is 5.60 Å². The number of benzene rings is 2. The highest BCUT2D eigenvalue weighted by Gasteiger charge is 2.47. The zero-order valence-electron chi connectivity index (χ0n) is 15.3. The van der Waals surface area contributed by atoms with Crippen LogP contribution in [0.3, 0.4) is 0 Å². The van der Waals surface area contributed by atoms with Gasteiger partial charge in [0, 0.05) is 42.9 Å². The summed E-state index contributed by atoms with van der Waals surface area (Å²) in [4.78, 5) is 26.7. The van der Waals surface area contributed by atoms with Crippen LogP contribution in [0.5, 0.6) is 0 Å². The molecular weight excluding hydrogens is 362 g/mol. The number of halogens is 1. The lowest BCUT2D eigenvalue weighted by molar-refractivity contribution is -0.135. The van der Waals surface area contributed by atoms with Crippen molar-refractivity contribution < 1.29 is 14.3 Å². The molecule has 2 aliphatic heterocycles. The van der Waals surface area contributed by atoms with Gasteiger partial charge < -0.3 is 9.64 Å². The maximum absolute atomic E-state index is 12.6. The highest BCUT2D eigenvalue weighted by Crippen LogP contribution is 2.44. The van der Waals surface area contributed by atoms with Crippen LogP contribution in [0.25, 0.3) is 0 Å². The molecule has 0 radical (unpaired) electrons. The van der Waals surface area contributed by atoms with Gasteiger partial charge in [0.25, 0.3) is 0 Å². The van der Waals surface area contributed by atoms with E-state index in [1.54, 1.807) is 0 Å². The topological polar surface area (TPSA) is 46.6 Å². The molecule has 0 saturated carbocycles. The molecule has 5 heteroatoms. The molecule has 0 aromatic heterocycles. The summed E-state index contributed by atoms with van der Waals surface area (Å²) in [5.41, 5.74) is 3.23. The summed E-state index contributed by atoms with van der Waals surface area (Å²) in [7, 11) is 0. The zero-order valence-corrected chi connectivity index (χ0v) is 16.1. The quantitative estimate of drug-likeness (QED) is 0.743. The Kier molecular flexibility index (Phi) is 4.68. The normalized spacial score (nSPS) is 17.7. The number of ether oxygens (including phenoxy) is 1. The number of fused-ring (bicyclic) bond motifs is 2. The summed E-state index contributed by atoms with van der Waals surface area (Å²) in [5.74, 6) is -0.0986. The lowest BCUT2D eigenvalue weighted by Gasteiger charge is -2.38. The fraction of sp³-hybridized carbons (Fsp3) is 0.364. The predicted octanol–water partition coefficient (Wildman–Crippen LogP) is 4.27. The molecule has 0 aliphatic carbocycles. The molecule has 2 aliphatic rings. The number of aryl methyl sites for hydroxylation is 2. The molecule has 1 spiro atoms. The molecule has 0 atom stereocenters. The zero-order chi connectivity index (χ0) is 19.0. The number of nitrogens with zero attached hydrogens (tertiary/aromatic N) is 1. The number of rotatable bonds is 3. The van der Waals surface area contributed by atoms with Crippen LogP contribution >= 0.6 is 11.6 Å². The fourth-order valence-electron chi connectivity index (χ4n) is 4.11. The van der Waals surface area contributed by atoms with Crippen molar-refractivity contribution in [2.24, 2.45) is 0 Å². The molecule has 0 N–H and O–H groups in total. The molecule has 2 aromatic carbocycles. The molecule has 0 unspecified atom stereocenters. The van der Waals surface area contributed by atoms with E-state index >= 15 is 0 Å². The summed E-state index contributed by atoms with van der Waals surface area (Å²) in [6.07, 6.45) is 2.49. The Bertz CT molecular complexity index is 900. The molecule has 1 amide bonds. The Morgan fingerprint density at radius 3 is 2.67 bits per heavy atom. The summed E-state index contributed by atoms with van der Waals surface area (Å²) >= 11 is 6.06. The molecule has 1 saturated heterocycles. The minimum Gasteiger partial charge on any atom is -0.450 e. The van der Waals surface area contributed by atoms with Gasteiger partial charge in [-0.25, -0.2) is 4.79 Å². The van der Waals surface area contributed by atoms with Crippen LogP contribution in [0.2, 0.25) is 5.02 Å². The Balaban J connectivity index is 1.37. The Morgan fingerprint density at radius 1 is 1.19 bits per heavy atom. The lowest BCUT2D eigenvalue weighted by atomic mass is 9.83. The number of likely N-dealkylation sites (tertiary alicyclic amines) is 1. The van der Waals surface area contributed by atoms with E-state index in [9.17, 15) is 9.59 Å². The average molecular weight is 384 g/mol. The van der Waals surface area contributed by atoms with Crippen LogP contribution in [0.15, 0.2) is 42.5 Å². The second kappa shape index (κ2) is 7.01. The van der Waals surface area contributed by atoms with Gasteiger partial charge in [-0.15, -0.1) is 0 Å². The fourth-order valence-corrected chi connectivity index (χ4v) is 4.22. The molecule has 2 aromatic rings. The van der Waals surface area contributed by atoms with Gasteiger partial charge in [-0.3, -0.25) is 4.79 Å². The van der Waals surface area contributed by atoms with Crippen LogP contribution in [-0.4, -0.2) is 29.9 Å². The number of esters is 1. The standard InChI is InChI=1S/C22H22ClNO3/c1-15-14-16(6-8-19(15)23)7-9-20(25)24-12-10-22(11-13-24)18-5-3-2-4-17(18)21(26)27-22/h2-6,8,14H,7,9-13H2,1H3. The summed E-state index contributed by atoms with van der Waals surface area (Å²) in [6.45, 7) is 3.19. The van der Waals surface area contributed by atoms with Gasteiger partial charge in [-0.2, -0.15) is 0 Å². The van der Waals surface area contributed by atoms with Crippen molar-refractivity contribution in [1.82, 2.24) is 4.90 Å². The number of amides is 1. The Morgan fingerprint density at radius 2 is 1.93 bits per heavy atom. The minimum atomic E-state index is -0.558. The largest absolute Gasteiger partial charge is 0.450 e. The molecule has 27 heavy (non-hydrogen) atoms. The second-order valence-electron chi connectivity index (χ2n) is 7.39. The highest BCUT2D eigenvalue weighted by atomic mass is 35.5. The first-order valence-electron chi connectivity index (χ1n) is 9.34. The van der Waals surface area contributed by atoms with Crippen LogP contribution in [0.4, 0.5) is 0 Å². The number of hydrogen-bond donors (Lipinski definition) is 0. The SMILES string of the molecule is Cc1cc(CCC(=O)N2CCC3(CC2)OC(=O)c2ccccc23)ccc1Cl. The van der Waals surface area contributed by atoms with Gasteiger partial charge in [0.05, 0.1) is 5.56 Å². The molecule has 140 valence electrons. The number of hydrogen-bond acceptors (Lipinski definition) is 3. The second-order valence-corrected chi connectivity index (χ2v) is 7.80. The van der Waals surface area contributed by atoms with Crippen molar-refractivity contribution in [2.45, 2.75) is 38.2 Å². The maximum Gasteiger partial charge on any atom is 0.339 e. The van der Waals surface area contributed by atoms with Crippen LogP contribution in [0, 0.1) is 6.92 Å². The van der Waals surface area contributed by atoms with Crippen LogP contribution in [0.1, 0.15) is 46.3 Å². The molecule has 4 rings (SSSR count). The van der Waals surface area contributed by atoms with E-state index in [-0.39, 0.29) is 11.9 Å². The van der Waals surface area contributed by atoms with Crippen molar-refractivity contribution in [3.05, 3.63) is 69.7 Å². The average Bonchev–Trinajstić information content (AvgIpc) is 2.95. The van der Waals surface area contributed by atoms with Gasteiger partial charge in [-0.1, -0.05) is 41.9 Å². The van der Waals surface area contributed by atoms with Crippen molar-refractivity contribution in [3.63, 3.8) is 0 Å². The molecule has 2 heterocycles. The van der Waals surface area contributed by atoms with Gasteiger partial charge >= 0.3 is 5.97 Å². The first kappa shape index (κ1) is 18.1. The minimum absolute atomic E-state index is 0.148. The third-order valence-electron chi connectivity index (χ3n) is 5.70. The molecule has 4 nitrogen and oxygen atoms in total. The van der Waals surface area contributed by atoms with Crippen molar-refractivity contribution >= 4 is 23.5 Å². The Labute approximate surface area is 164 Å². The summed E-state index contributed by atoms with van der Waals surface area (Å²) in [5, 5.41) is 0.748. The van der Waals surface area contributed by atoms with Gasteiger partial charge in [0.15, 0.2) is 0 Å². The van der Waals surface area contributed by atoms with Crippen molar-refractivity contribution in [3.8, 4) is 0 Å². The number of carbonyl (C=O) groups excluding carboxylic acids is 2. The van der Waals surface area contributed by atoms with E-state index in [1.807, 2.05) is 54.3 Å². The van der Waals surface area contributed by atoms with E-state index in [1.165, 1.54) is 0 Å². The first-order chi connectivity index (χ1) is 13.0. The van der Waals surface area contributed by atoms with Crippen molar-refractivity contribution in [2.75, 3.05) is 13.1 Å². The van der Waals surface area contributed by atoms with Crippen LogP contribution < -0.4 is 0 Å². The molecular formula is C22H22ClNO3. The first-order valence-corrected chi connectivity index (χ1v) is 9.72. The summed E-state index contributed by atoms with van der Waals surface area (Å²) < 4.78 is 5.75. The summed E-state index contributed by atoms with van der Waals surface area (Å²) in [6, 6.07) is 13.5. The third-order valence-corrected chi connectivity index (χ3v) is 6.12. The smallest absolute Gasteiger partial charge is 0.339 e. The van der Waals surface area contributed by atoms with E-state index in [0.29, 0.717) is 44.3 Å². The van der Waals surface area contributed by atoms with E-state index < -0.39 is 5.60 Å². The highest BCUT2D eigenvalue weighted by molar-refractivity contribution is 6.31. The van der Waals surface area contributed by atoms with E-state index in [0.717, 1.165) is 21.7 Å². The number of carbonyl (C=O) groups is 2. The van der Waals surface area contributed by atoms with E-state index in [4.69, 9.17) is 16.3 Å². The van der Waals surface area contributed by atoms with Crippen molar-refractivity contribution in [1.29, 1.82) is 0 Å². The van der Waals surface area contributed by atoms with Crippen LogP contribution in [-0.2, 0) is 21.6 Å². The maximum atomic E-state index is 12.6. The monoisotopic (exact) mass is 383 g/mol. The third kappa shape index (κ3) is 3.34. The lowest BCUT2D eigenvalue weighted by Crippen LogP contribution is -2.45. The van der Waals surface area contributed by atoms with E-state index in [2.05, 4.69) is 0 Å². The molecule has 0 bridgehead atoms. The number of piperidine rings is 1. The molecule has 1 fully saturated rings.